The van der Waals surface area contributed by atoms with Crippen LogP contribution in [0.1, 0.15) is 0 Å². The molecular formula is C12H21B2O10P. The van der Waals surface area contributed by atoms with Gasteiger partial charge >= 0.3 is 7.82 Å². The van der Waals surface area contributed by atoms with E-state index in [1.54, 1.807) is 0 Å². The van der Waals surface area contributed by atoms with Crippen molar-refractivity contribution in [2.45, 2.75) is 48.6 Å². The van der Waals surface area contributed by atoms with Crippen LogP contribution in [0.5, 0.6) is 0 Å². The van der Waals surface area contributed by atoms with Gasteiger partial charge in [-0.1, -0.05) is 0 Å². The van der Waals surface area contributed by atoms with Crippen LogP contribution in [0.3, 0.4) is 0 Å². The molecule has 2 saturated heterocycles. The molecule has 0 amide bonds. The molecule has 10 nitrogen and oxygen atoms in total. The number of hydrogen-bond donors (Lipinski definition) is 3. The predicted octanol–water partition coefficient (Wildman–Crippen LogP) is -2.34. The Morgan fingerprint density at radius 3 is 2.04 bits per heavy atom. The summed E-state index contributed by atoms with van der Waals surface area (Å²) in [6.45, 7) is -0.435. The van der Waals surface area contributed by atoms with E-state index >= 15 is 0 Å². The molecule has 13 heteroatoms. The fourth-order valence-electron chi connectivity index (χ4n) is 2.74. The molecule has 25 heavy (non-hydrogen) atoms. The number of phosphoric acid groups is 1. The summed E-state index contributed by atoms with van der Waals surface area (Å²) < 4.78 is 42.4. The maximum atomic E-state index is 12.2. The molecule has 9 atom stereocenters. The maximum Gasteiger partial charge on any atom is 0.472 e. The Morgan fingerprint density at radius 2 is 1.52 bits per heavy atom. The minimum atomic E-state index is -4.60. The average Bonchev–Trinajstić information content (AvgIpc) is 2.97. The Bertz CT molecular complexity index is 485. The summed E-state index contributed by atoms with van der Waals surface area (Å²) in [7, 11) is 9.21. The minimum Gasteiger partial charge on any atom is -0.388 e. The number of aliphatic hydroxyl groups excluding tert-OH is 2. The number of hydrogen-bond acceptors (Lipinski definition) is 9. The van der Waals surface area contributed by atoms with Gasteiger partial charge in [-0.3, -0.25) is 9.05 Å². The van der Waals surface area contributed by atoms with E-state index < -0.39 is 63.1 Å². The van der Waals surface area contributed by atoms with E-state index in [0.717, 1.165) is 0 Å². The molecule has 2 rings (SSSR count). The molecule has 0 aromatic carbocycles. The molecule has 0 spiro atoms. The summed E-state index contributed by atoms with van der Waals surface area (Å²) in [5.41, 5.74) is 0. The van der Waals surface area contributed by atoms with Crippen molar-refractivity contribution in [1.82, 2.24) is 0 Å². The largest absolute Gasteiger partial charge is 0.472 e. The monoisotopic (exact) mass is 378 g/mol. The molecule has 3 unspecified atom stereocenters. The van der Waals surface area contributed by atoms with Gasteiger partial charge in [0, 0.05) is 26.2 Å². The third-order valence-electron chi connectivity index (χ3n) is 4.00. The van der Waals surface area contributed by atoms with Gasteiger partial charge < -0.3 is 34.1 Å². The van der Waals surface area contributed by atoms with Crippen molar-refractivity contribution >= 4 is 23.5 Å². The van der Waals surface area contributed by atoms with Crippen molar-refractivity contribution in [1.29, 1.82) is 0 Å². The lowest BCUT2D eigenvalue weighted by Gasteiger charge is -2.24. The fraction of sp³-hybridized carbons (Fsp3) is 1.00. The molecular weight excluding hydrogens is 357 g/mol. The first-order valence-electron chi connectivity index (χ1n) is 7.56. The molecule has 2 aliphatic heterocycles. The van der Waals surface area contributed by atoms with E-state index in [4.69, 9.17) is 43.7 Å². The highest BCUT2D eigenvalue weighted by Gasteiger charge is 2.47. The van der Waals surface area contributed by atoms with Crippen LogP contribution in [0.4, 0.5) is 0 Å². The maximum absolute atomic E-state index is 12.2. The zero-order valence-electron chi connectivity index (χ0n) is 13.8. The SMILES string of the molecule is [B][C@@H]1O[C@H](COP(=O)(O)OC2[C@@H](COC)O[C@@H]([B])[C@H]2O)C(OC)[C@@H]1O. The van der Waals surface area contributed by atoms with Gasteiger partial charge in [-0.2, -0.15) is 0 Å². The average molecular weight is 378 g/mol. The highest BCUT2D eigenvalue weighted by Crippen LogP contribution is 2.47. The van der Waals surface area contributed by atoms with E-state index in [0.29, 0.717) is 0 Å². The number of phosphoric ester groups is 1. The second-order valence-corrected chi connectivity index (χ2v) is 7.16. The Labute approximate surface area is 148 Å². The van der Waals surface area contributed by atoms with Gasteiger partial charge in [0.1, 0.15) is 52.3 Å². The summed E-state index contributed by atoms with van der Waals surface area (Å²) in [5, 5.41) is 19.7. The van der Waals surface area contributed by atoms with Crippen molar-refractivity contribution in [3.8, 4) is 0 Å². The lowest BCUT2D eigenvalue weighted by atomic mass is 9.93. The Hall–Kier alpha value is -0.000130. The lowest BCUT2D eigenvalue weighted by molar-refractivity contribution is -0.0456. The van der Waals surface area contributed by atoms with Gasteiger partial charge in [0.05, 0.1) is 13.2 Å². The zero-order valence-corrected chi connectivity index (χ0v) is 14.7. The molecule has 0 aliphatic carbocycles. The van der Waals surface area contributed by atoms with Crippen LogP contribution >= 0.6 is 7.82 Å². The Morgan fingerprint density at radius 1 is 1.00 bits per heavy atom. The number of ether oxygens (including phenoxy) is 4. The standard InChI is InChI=1S/C12H21B2O10P/c1-19-3-5-10(8(16)12(14)22-5)24-25(17,18)21-4-6-9(20-2)7(15)11(13)23-6/h5-12,15-16H,3-4H2,1-2H3,(H,17,18)/t5-,6-,7+,8+,9?,10?,11-,12-/m1/s1. The summed E-state index contributed by atoms with van der Waals surface area (Å²) in [6, 6.07) is -2.10. The van der Waals surface area contributed by atoms with Crippen molar-refractivity contribution in [2.75, 3.05) is 27.4 Å². The summed E-state index contributed by atoms with van der Waals surface area (Å²) in [5.74, 6) is 0. The topological polar surface area (TPSA) is 133 Å². The number of methoxy groups -OCH3 is 2. The molecule has 0 aromatic heterocycles. The first kappa shape index (κ1) is 21.3. The van der Waals surface area contributed by atoms with Gasteiger partial charge in [-0.25, -0.2) is 4.57 Å². The molecule has 3 N–H and O–H groups in total. The first-order valence-corrected chi connectivity index (χ1v) is 9.05. The van der Waals surface area contributed by atoms with Gasteiger partial charge in [-0.15, -0.1) is 0 Å². The summed E-state index contributed by atoms with van der Waals surface area (Å²) >= 11 is 0. The third-order valence-corrected chi connectivity index (χ3v) is 4.99. The van der Waals surface area contributed by atoms with E-state index in [9.17, 15) is 19.7 Å². The van der Waals surface area contributed by atoms with Gasteiger partial charge in [0.2, 0.25) is 0 Å². The number of rotatable bonds is 8. The second kappa shape index (κ2) is 8.79. The van der Waals surface area contributed by atoms with Crippen LogP contribution in [0.15, 0.2) is 0 Å². The van der Waals surface area contributed by atoms with Crippen molar-refractivity contribution in [3.63, 3.8) is 0 Å². The second-order valence-electron chi connectivity index (χ2n) is 5.75. The first-order chi connectivity index (χ1) is 11.7. The zero-order chi connectivity index (χ0) is 18.8. The molecule has 0 bridgehead atoms. The molecule has 140 valence electrons. The lowest BCUT2D eigenvalue weighted by Crippen LogP contribution is -2.37. The van der Waals surface area contributed by atoms with Crippen LogP contribution in [0.25, 0.3) is 0 Å². The highest BCUT2D eigenvalue weighted by atomic mass is 31.2. The molecule has 2 aliphatic rings. The van der Waals surface area contributed by atoms with Crippen LogP contribution in [-0.2, 0) is 32.6 Å². The molecule has 2 heterocycles. The Balaban J connectivity index is 1.94. The molecule has 0 aromatic rings. The van der Waals surface area contributed by atoms with E-state index in [1.165, 1.54) is 14.2 Å². The summed E-state index contributed by atoms with van der Waals surface area (Å²) in [6.07, 6.45) is -6.21. The molecule has 2 fully saturated rings. The van der Waals surface area contributed by atoms with Crippen molar-refractivity contribution in [2.24, 2.45) is 0 Å². The van der Waals surface area contributed by atoms with E-state index in [2.05, 4.69) is 0 Å². The van der Waals surface area contributed by atoms with E-state index in [1.807, 2.05) is 0 Å². The predicted molar refractivity (Wildman–Crippen MR) is 84.2 cm³/mol. The van der Waals surface area contributed by atoms with E-state index in [-0.39, 0.29) is 6.61 Å². The van der Waals surface area contributed by atoms with Crippen LogP contribution in [-0.4, -0.2) is 107 Å². The normalized spacial score (nSPS) is 44.0. The van der Waals surface area contributed by atoms with Gasteiger partial charge in [0.15, 0.2) is 0 Å². The van der Waals surface area contributed by atoms with Crippen LogP contribution in [0, 0.1) is 0 Å². The van der Waals surface area contributed by atoms with Crippen molar-refractivity contribution in [3.05, 3.63) is 0 Å². The smallest absolute Gasteiger partial charge is 0.388 e. The van der Waals surface area contributed by atoms with Gasteiger partial charge in [0.25, 0.3) is 0 Å². The number of aliphatic hydroxyl groups is 2. The molecule has 4 radical (unpaired) electrons. The minimum absolute atomic E-state index is 0.00599. The van der Waals surface area contributed by atoms with Crippen LogP contribution in [0.2, 0.25) is 0 Å². The van der Waals surface area contributed by atoms with Crippen LogP contribution < -0.4 is 0 Å². The van der Waals surface area contributed by atoms with Gasteiger partial charge in [-0.05, 0) is 0 Å². The highest BCUT2D eigenvalue weighted by molar-refractivity contribution is 7.47. The Kier molecular flexibility index (Phi) is 7.49. The fourth-order valence-corrected chi connectivity index (χ4v) is 3.70. The summed E-state index contributed by atoms with van der Waals surface area (Å²) in [4.78, 5) is 9.89. The van der Waals surface area contributed by atoms with Crippen molar-refractivity contribution < 1.29 is 47.7 Å². The molecule has 0 saturated carbocycles. The third kappa shape index (κ3) is 5.04. The quantitative estimate of drug-likeness (QED) is 0.312.